The third-order valence-corrected chi connectivity index (χ3v) is 3.54. The molecule has 1 aliphatic carbocycles. The van der Waals surface area contributed by atoms with Crippen LogP contribution in [0, 0.1) is 5.92 Å². The molecule has 0 aromatic heterocycles. The Balaban J connectivity index is 1.69. The Bertz CT molecular complexity index is 391. The molecule has 1 aliphatic rings. The zero-order valence-corrected chi connectivity index (χ0v) is 11.3. The summed E-state index contributed by atoms with van der Waals surface area (Å²) in [7, 11) is 0. The highest BCUT2D eigenvalue weighted by molar-refractivity contribution is 9.10. The largest absolute Gasteiger partial charge is 0.325 e. The number of hydrogen-bond acceptors (Lipinski definition) is 2. The Morgan fingerprint density at radius 3 is 2.88 bits per heavy atom. The molecule has 0 bridgehead atoms. The zero-order valence-electron chi connectivity index (χ0n) is 9.71. The highest BCUT2D eigenvalue weighted by atomic mass is 79.9. The van der Waals surface area contributed by atoms with Gasteiger partial charge in [0.15, 0.2) is 0 Å². The molecular formula is C13H17BrN2O. The molecule has 1 fully saturated rings. The van der Waals surface area contributed by atoms with E-state index in [-0.39, 0.29) is 5.91 Å². The Kier molecular flexibility index (Phi) is 4.57. The number of hydrogen-bond donors (Lipinski definition) is 2. The van der Waals surface area contributed by atoms with Gasteiger partial charge in [-0.1, -0.05) is 28.4 Å². The molecule has 3 nitrogen and oxygen atoms in total. The number of halogens is 1. The first kappa shape index (κ1) is 12.6. The van der Waals surface area contributed by atoms with Crippen LogP contribution < -0.4 is 10.6 Å². The number of nitrogens with one attached hydrogen (secondary N) is 2. The van der Waals surface area contributed by atoms with Crippen LogP contribution in [0.5, 0.6) is 0 Å². The van der Waals surface area contributed by atoms with Crippen molar-refractivity contribution in [1.29, 1.82) is 0 Å². The van der Waals surface area contributed by atoms with Crippen LogP contribution in [-0.2, 0) is 4.79 Å². The fraction of sp³-hybridized carbons (Fsp3) is 0.462. The van der Waals surface area contributed by atoms with Crippen molar-refractivity contribution >= 4 is 27.5 Å². The number of carbonyl (C=O) groups excluding carboxylic acids is 1. The lowest BCUT2D eigenvalue weighted by Gasteiger charge is -2.25. The molecule has 0 saturated heterocycles. The van der Waals surface area contributed by atoms with Gasteiger partial charge in [0.1, 0.15) is 0 Å². The molecule has 1 aromatic rings. The van der Waals surface area contributed by atoms with Gasteiger partial charge in [-0.05, 0) is 43.5 Å². The summed E-state index contributed by atoms with van der Waals surface area (Å²) >= 11 is 3.37. The molecule has 1 aromatic carbocycles. The molecule has 0 spiro atoms. The van der Waals surface area contributed by atoms with Gasteiger partial charge in [0, 0.05) is 10.2 Å². The smallest absolute Gasteiger partial charge is 0.238 e. The molecule has 2 rings (SSSR count). The van der Waals surface area contributed by atoms with Crippen LogP contribution in [-0.4, -0.2) is 19.0 Å². The Labute approximate surface area is 110 Å². The first-order chi connectivity index (χ1) is 8.24. The average molecular weight is 297 g/mol. The summed E-state index contributed by atoms with van der Waals surface area (Å²) in [6.45, 7) is 1.36. The Morgan fingerprint density at radius 1 is 1.41 bits per heavy atom. The van der Waals surface area contributed by atoms with E-state index in [1.54, 1.807) is 0 Å². The predicted molar refractivity (Wildman–Crippen MR) is 73.0 cm³/mol. The van der Waals surface area contributed by atoms with Gasteiger partial charge >= 0.3 is 0 Å². The SMILES string of the molecule is O=C(CNCC1CCC1)Nc1cccc(Br)c1. The maximum absolute atomic E-state index is 11.6. The van der Waals surface area contributed by atoms with E-state index < -0.39 is 0 Å². The maximum atomic E-state index is 11.6. The van der Waals surface area contributed by atoms with Crippen molar-refractivity contribution in [3.8, 4) is 0 Å². The topological polar surface area (TPSA) is 41.1 Å². The number of benzene rings is 1. The van der Waals surface area contributed by atoms with E-state index in [9.17, 15) is 4.79 Å². The van der Waals surface area contributed by atoms with Crippen LogP contribution in [0.25, 0.3) is 0 Å². The van der Waals surface area contributed by atoms with Crippen LogP contribution >= 0.6 is 15.9 Å². The molecule has 2 N–H and O–H groups in total. The van der Waals surface area contributed by atoms with Crippen molar-refractivity contribution in [3.05, 3.63) is 28.7 Å². The van der Waals surface area contributed by atoms with E-state index in [1.807, 2.05) is 24.3 Å². The third kappa shape index (κ3) is 4.13. The molecule has 17 heavy (non-hydrogen) atoms. The van der Waals surface area contributed by atoms with Crippen molar-refractivity contribution in [2.45, 2.75) is 19.3 Å². The number of rotatable bonds is 5. The predicted octanol–water partition coefficient (Wildman–Crippen LogP) is 2.78. The van der Waals surface area contributed by atoms with Gasteiger partial charge in [-0.3, -0.25) is 4.79 Å². The molecule has 0 radical (unpaired) electrons. The summed E-state index contributed by atoms with van der Waals surface area (Å²) < 4.78 is 0.970. The third-order valence-electron chi connectivity index (χ3n) is 3.05. The summed E-state index contributed by atoms with van der Waals surface area (Å²) in [6.07, 6.45) is 3.96. The lowest BCUT2D eigenvalue weighted by Crippen LogP contribution is -2.33. The van der Waals surface area contributed by atoms with Gasteiger partial charge in [0.05, 0.1) is 6.54 Å². The van der Waals surface area contributed by atoms with E-state index >= 15 is 0 Å². The van der Waals surface area contributed by atoms with Crippen molar-refractivity contribution in [3.63, 3.8) is 0 Å². The maximum Gasteiger partial charge on any atom is 0.238 e. The summed E-state index contributed by atoms with van der Waals surface area (Å²) in [6, 6.07) is 7.62. The second-order valence-corrected chi connectivity index (χ2v) is 5.40. The summed E-state index contributed by atoms with van der Waals surface area (Å²) in [5.74, 6) is 0.802. The molecule has 4 heteroatoms. The van der Waals surface area contributed by atoms with Crippen molar-refractivity contribution in [1.82, 2.24) is 5.32 Å². The Morgan fingerprint density at radius 2 is 2.24 bits per heavy atom. The second-order valence-electron chi connectivity index (χ2n) is 4.49. The molecule has 92 valence electrons. The lowest BCUT2D eigenvalue weighted by molar-refractivity contribution is -0.115. The van der Waals surface area contributed by atoms with Gasteiger partial charge in [-0.2, -0.15) is 0 Å². The van der Waals surface area contributed by atoms with Crippen LogP contribution in [0.3, 0.4) is 0 Å². The van der Waals surface area contributed by atoms with E-state index in [2.05, 4.69) is 26.6 Å². The molecule has 1 saturated carbocycles. The van der Waals surface area contributed by atoms with Gasteiger partial charge in [0.25, 0.3) is 0 Å². The summed E-state index contributed by atoms with van der Waals surface area (Å²) in [5, 5.41) is 6.06. The zero-order chi connectivity index (χ0) is 12.1. The first-order valence-corrected chi connectivity index (χ1v) is 6.79. The molecule has 1 amide bonds. The minimum Gasteiger partial charge on any atom is -0.325 e. The van der Waals surface area contributed by atoms with E-state index in [0.29, 0.717) is 6.54 Å². The minimum atomic E-state index is 0.0161. The summed E-state index contributed by atoms with van der Waals surface area (Å²) in [5.41, 5.74) is 0.829. The monoisotopic (exact) mass is 296 g/mol. The van der Waals surface area contributed by atoms with Gasteiger partial charge in [0.2, 0.25) is 5.91 Å². The first-order valence-electron chi connectivity index (χ1n) is 6.00. The molecular weight excluding hydrogens is 280 g/mol. The quantitative estimate of drug-likeness (QED) is 0.877. The van der Waals surface area contributed by atoms with E-state index in [1.165, 1.54) is 19.3 Å². The van der Waals surface area contributed by atoms with Crippen molar-refractivity contribution < 1.29 is 4.79 Å². The number of amides is 1. The molecule has 0 aliphatic heterocycles. The van der Waals surface area contributed by atoms with E-state index in [0.717, 1.165) is 22.6 Å². The van der Waals surface area contributed by atoms with Crippen LogP contribution in [0.1, 0.15) is 19.3 Å². The van der Waals surface area contributed by atoms with Gasteiger partial charge in [-0.25, -0.2) is 0 Å². The number of anilines is 1. The fourth-order valence-corrected chi connectivity index (χ4v) is 2.26. The number of carbonyl (C=O) groups is 1. The minimum absolute atomic E-state index is 0.0161. The second kappa shape index (κ2) is 6.17. The summed E-state index contributed by atoms with van der Waals surface area (Å²) in [4.78, 5) is 11.6. The average Bonchev–Trinajstić information content (AvgIpc) is 2.22. The molecule has 0 heterocycles. The Hall–Kier alpha value is -0.870. The van der Waals surface area contributed by atoms with Crippen LogP contribution in [0.15, 0.2) is 28.7 Å². The highest BCUT2D eigenvalue weighted by Crippen LogP contribution is 2.25. The van der Waals surface area contributed by atoms with Crippen LogP contribution in [0.4, 0.5) is 5.69 Å². The van der Waals surface area contributed by atoms with Crippen molar-refractivity contribution in [2.24, 2.45) is 5.92 Å². The molecule has 0 unspecified atom stereocenters. The van der Waals surface area contributed by atoms with Gasteiger partial charge < -0.3 is 10.6 Å². The highest BCUT2D eigenvalue weighted by Gasteiger charge is 2.16. The molecule has 0 atom stereocenters. The van der Waals surface area contributed by atoms with Crippen LogP contribution in [0.2, 0.25) is 0 Å². The van der Waals surface area contributed by atoms with E-state index in [4.69, 9.17) is 0 Å². The van der Waals surface area contributed by atoms with Crippen molar-refractivity contribution in [2.75, 3.05) is 18.4 Å². The lowest BCUT2D eigenvalue weighted by atomic mass is 9.85. The standard InChI is InChI=1S/C13H17BrN2O/c14-11-5-2-6-12(7-11)16-13(17)9-15-8-10-3-1-4-10/h2,5-7,10,15H,1,3-4,8-9H2,(H,16,17). The fourth-order valence-electron chi connectivity index (χ4n) is 1.86. The normalized spacial score (nSPS) is 15.4. The van der Waals surface area contributed by atoms with Gasteiger partial charge in [-0.15, -0.1) is 0 Å².